The molecule has 7 nitrogen and oxygen atoms in total. The normalized spacial score (nSPS) is 12.1. The number of ether oxygens (including phenoxy) is 2. The highest BCUT2D eigenvalue weighted by molar-refractivity contribution is 7.17. The average Bonchev–Trinajstić information content (AvgIpc) is 3.41. The van der Waals surface area contributed by atoms with Gasteiger partial charge in [0.05, 0.1) is 5.39 Å². The second kappa shape index (κ2) is 8.00. The van der Waals surface area contributed by atoms with Gasteiger partial charge in [-0.3, -0.25) is 4.79 Å². The first kappa shape index (κ1) is 18.4. The first-order valence-corrected chi connectivity index (χ1v) is 10.4. The Morgan fingerprint density at radius 2 is 1.93 bits per heavy atom. The van der Waals surface area contributed by atoms with Crippen molar-refractivity contribution < 1.29 is 14.3 Å². The molecule has 2 N–H and O–H groups in total. The highest BCUT2D eigenvalue weighted by Crippen LogP contribution is 2.36. The van der Waals surface area contributed by atoms with Gasteiger partial charge in [-0.25, -0.2) is 9.97 Å². The molecule has 150 valence electrons. The van der Waals surface area contributed by atoms with E-state index in [0.717, 1.165) is 27.2 Å². The number of anilines is 2. The fourth-order valence-corrected chi connectivity index (χ4v) is 4.25. The van der Waals surface area contributed by atoms with Crippen molar-refractivity contribution in [1.82, 2.24) is 9.97 Å². The molecule has 2 aromatic carbocycles. The number of carbonyl (C=O) groups is 1. The SMILES string of the molecule is O=C(CCNc1ncnc2scc(-c3ccccc3)c12)Nc1ccc2c(c1)OCO2. The molecule has 0 bridgehead atoms. The number of thiophene rings is 1. The van der Waals surface area contributed by atoms with Gasteiger partial charge in [0.2, 0.25) is 12.7 Å². The lowest BCUT2D eigenvalue weighted by atomic mass is 10.1. The Morgan fingerprint density at radius 1 is 1.07 bits per heavy atom. The molecule has 1 amide bonds. The summed E-state index contributed by atoms with van der Waals surface area (Å²) in [6.07, 6.45) is 1.84. The monoisotopic (exact) mass is 418 g/mol. The molecule has 3 heterocycles. The summed E-state index contributed by atoms with van der Waals surface area (Å²) in [6, 6.07) is 15.5. The van der Waals surface area contributed by atoms with E-state index in [2.05, 4.69) is 38.1 Å². The number of amides is 1. The molecule has 1 aliphatic rings. The second-order valence-corrected chi connectivity index (χ2v) is 7.57. The van der Waals surface area contributed by atoms with Gasteiger partial charge in [-0.2, -0.15) is 0 Å². The Hall–Kier alpha value is -3.65. The summed E-state index contributed by atoms with van der Waals surface area (Å²) in [7, 11) is 0. The van der Waals surface area contributed by atoms with Gasteiger partial charge in [0.25, 0.3) is 0 Å². The van der Waals surface area contributed by atoms with Crippen LogP contribution in [0, 0.1) is 0 Å². The average molecular weight is 418 g/mol. The van der Waals surface area contributed by atoms with Crippen LogP contribution < -0.4 is 20.1 Å². The summed E-state index contributed by atoms with van der Waals surface area (Å²) in [6.45, 7) is 0.657. The quantitative estimate of drug-likeness (QED) is 0.479. The van der Waals surface area contributed by atoms with Crippen LogP contribution in [0.5, 0.6) is 11.5 Å². The number of nitrogens with one attached hydrogen (secondary N) is 2. The van der Waals surface area contributed by atoms with Crippen molar-refractivity contribution in [3.63, 3.8) is 0 Å². The molecule has 0 aliphatic carbocycles. The molecule has 0 saturated heterocycles. The summed E-state index contributed by atoms with van der Waals surface area (Å²) in [5, 5.41) is 9.24. The molecule has 0 radical (unpaired) electrons. The van der Waals surface area contributed by atoms with Crippen LogP contribution in [0.1, 0.15) is 6.42 Å². The van der Waals surface area contributed by atoms with Gasteiger partial charge in [-0.05, 0) is 17.7 Å². The lowest BCUT2D eigenvalue weighted by Gasteiger charge is -2.09. The van der Waals surface area contributed by atoms with Crippen molar-refractivity contribution in [2.45, 2.75) is 6.42 Å². The van der Waals surface area contributed by atoms with Crippen molar-refractivity contribution in [1.29, 1.82) is 0 Å². The Labute approximate surface area is 176 Å². The number of benzene rings is 2. The number of hydrogen-bond donors (Lipinski definition) is 2. The third kappa shape index (κ3) is 3.65. The first-order chi connectivity index (χ1) is 14.8. The Morgan fingerprint density at radius 3 is 2.83 bits per heavy atom. The number of hydrogen-bond acceptors (Lipinski definition) is 7. The molecule has 0 fully saturated rings. The number of carbonyl (C=O) groups excluding carboxylic acids is 1. The molecule has 30 heavy (non-hydrogen) atoms. The minimum absolute atomic E-state index is 0.0970. The van der Waals surface area contributed by atoms with Gasteiger partial charge in [-0.1, -0.05) is 30.3 Å². The van der Waals surface area contributed by atoms with E-state index in [0.29, 0.717) is 30.2 Å². The largest absolute Gasteiger partial charge is 0.454 e. The maximum Gasteiger partial charge on any atom is 0.231 e. The summed E-state index contributed by atoms with van der Waals surface area (Å²) < 4.78 is 10.6. The molecular weight excluding hydrogens is 400 g/mol. The molecule has 1 aliphatic heterocycles. The highest BCUT2D eigenvalue weighted by atomic mass is 32.1. The first-order valence-electron chi connectivity index (χ1n) is 9.49. The van der Waals surface area contributed by atoms with Gasteiger partial charge < -0.3 is 20.1 Å². The lowest BCUT2D eigenvalue weighted by Crippen LogP contribution is -2.16. The lowest BCUT2D eigenvalue weighted by molar-refractivity contribution is -0.115. The van der Waals surface area contributed by atoms with Crippen molar-refractivity contribution in [2.75, 3.05) is 24.0 Å². The highest BCUT2D eigenvalue weighted by Gasteiger charge is 2.15. The Kier molecular flexibility index (Phi) is 4.90. The van der Waals surface area contributed by atoms with E-state index >= 15 is 0 Å². The molecule has 5 rings (SSSR count). The van der Waals surface area contributed by atoms with Crippen molar-refractivity contribution >= 4 is 39.0 Å². The molecule has 4 aromatic rings. The van der Waals surface area contributed by atoms with Crippen LogP contribution in [0.25, 0.3) is 21.3 Å². The molecular formula is C22H18N4O3S. The predicted molar refractivity (Wildman–Crippen MR) is 117 cm³/mol. The third-order valence-corrected chi connectivity index (χ3v) is 5.64. The van der Waals surface area contributed by atoms with Gasteiger partial charge >= 0.3 is 0 Å². The maximum atomic E-state index is 12.4. The molecule has 8 heteroatoms. The van der Waals surface area contributed by atoms with E-state index in [4.69, 9.17) is 9.47 Å². The molecule has 0 saturated carbocycles. The van der Waals surface area contributed by atoms with Crippen LogP contribution in [0.15, 0.2) is 60.2 Å². The van der Waals surface area contributed by atoms with Gasteiger partial charge in [-0.15, -0.1) is 11.3 Å². The Bertz CT molecular complexity index is 1210. The zero-order valence-corrected chi connectivity index (χ0v) is 16.7. The number of nitrogens with zero attached hydrogens (tertiary/aromatic N) is 2. The van der Waals surface area contributed by atoms with Crippen LogP contribution in [0.4, 0.5) is 11.5 Å². The zero-order valence-electron chi connectivity index (χ0n) is 15.9. The van der Waals surface area contributed by atoms with Gasteiger partial charge in [0.15, 0.2) is 11.5 Å². The van der Waals surface area contributed by atoms with E-state index in [1.165, 1.54) is 0 Å². The molecule has 2 aromatic heterocycles. The molecule has 0 spiro atoms. The fourth-order valence-electron chi connectivity index (χ4n) is 3.33. The van der Waals surface area contributed by atoms with Crippen LogP contribution in [0.3, 0.4) is 0 Å². The predicted octanol–water partition coefficient (Wildman–Crippen LogP) is 4.53. The molecule has 0 atom stereocenters. The van der Waals surface area contributed by atoms with E-state index in [-0.39, 0.29) is 12.7 Å². The topological polar surface area (TPSA) is 85.4 Å². The van der Waals surface area contributed by atoms with E-state index in [1.807, 2.05) is 18.2 Å². The van der Waals surface area contributed by atoms with Crippen LogP contribution in [-0.4, -0.2) is 29.2 Å². The van der Waals surface area contributed by atoms with E-state index in [9.17, 15) is 4.79 Å². The van der Waals surface area contributed by atoms with Gasteiger partial charge in [0.1, 0.15) is 17.0 Å². The fraction of sp³-hybridized carbons (Fsp3) is 0.136. The van der Waals surface area contributed by atoms with Gasteiger partial charge in [0, 0.05) is 35.7 Å². The Balaban J connectivity index is 1.26. The smallest absolute Gasteiger partial charge is 0.231 e. The maximum absolute atomic E-state index is 12.4. The van der Waals surface area contributed by atoms with E-state index in [1.54, 1.807) is 35.9 Å². The van der Waals surface area contributed by atoms with E-state index < -0.39 is 0 Å². The standard InChI is InChI=1S/C22H18N4O3S/c27-19(26-15-6-7-17-18(10-15)29-13-28-17)8-9-23-21-20-16(14-4-2-1-3-5-14)11-30-22(20)25-12-24-21/h1-7,10-12H,8-9,13H2,(H,26,27)(H,23,24,25). The van der Waals surface area contributed by atoms with Crippen LogP contribution >= 0.6 is 11.3 Å². The summed E-state index contributed by atoms with van der Waals surface area (Å²) in [5.74, 6) is 1.96. The van der Waals surface area contributed by atoms with Crippen molar-refractivity contribution in [2.24, 2.45) is 0 Å². The van der Waals surface area contributed by atoms with Crippen molar-refractivity contribution in [3.8, 4) is 22.6 Å². The summed E-state index contributed by atoms with van der Waals surface area (Å²) in [5.41, 5.74) is 2.88. The minimum atomic E-state index is -0.0970. The number of aromatic nitrogens is 2. The second-order valence-electron chi connectivity index (χ2n) is 6.71. The number of rotatable bonds is 6. The zero-order chi connectivity index (χ0) is 20.3. The van der Waals surface area contributed by atoms with Crippen molar-refractivity contribution in [3.05, 3.63) is 60.2 Å². The van der Waals surface area contributed by atoms with Crippen LogP contribution in [-0.2, 0) is 4.79 Å². The summed E-state index contributed by atoms with van der Waals surface area (Å²) in [4.78, 5) is 22.1. The summed E-state index contributed by atoms with van der Waals surface area (Å²) >= 11 is 1.58. The minimum Gasteiger partial charge on any atom is -0.454 e. The molecule has 0 unspecified atom stereocenters. The third-order valence-electron chi connectivity index (χ3n) is 4.76. The van der Waals surface area contributed by atoms with Crippen LogP contribution in [0.2, 0.25) is 0 Å². The number of fused-ring (bicyclic) bond motifs is 2.